The molecule has 2 atom stereocenters. The van der Waals surface area contributed by atoms with Gasteiger partial charge in [-0.05, 0) is 24.5 Å². The van der Waals surface area contributed by atoms with Gasteiger partial charge >= 0.3 is 5.97 Å². The lowest BCUT2D eigenvalue weighted by molar-refractivity contribution is -0.144. The van der Waals surface area contributed by atoms with Gasteiger partial charge in [0.05, 0.1) is 13.0 Å². The Morgan fingerprint density at radius 3 is 2.26 bits per heavy atom. The van der Waals surface area contributed by atoms with Gasteiger partial charge in [-0.2, -0.15) is 11.8 Å². The van der Waals surface area contributed by atoms with Crippen molar-refractivity contribution in [1.82, 2.24) is 5.32 Å². The molecule has 0 fully saturated rings. The zero-order valence-electron chi connectivity index (χ0n) is 18.1. The van der Waals surface area contributed by atoms with E-state index in [4.69, 9.17) is 4.74 Å². The molecule has 0 aliphatic carbocycles. The summed E-state index contributed by atoms with van der Waals surface area (Å²) in [5.41, 5.74) is 3.36. The van der Waals surface area contributed by atoms with E-state index in [0.717, 1.165) is 28.6 Å². The first kappa shape index (κ1) is 25.0. The largest absolute Gasteiger partial charge is 0.467 e. The first-order valence-electron chi connectivity index (χ1n) is 10.1. The number of benzene rings is 2. The lowest BCUT2D eigenvalue weighted by Crippen LogP contribution is -2.46. The monoisotopic (exact) mass is 459 g/mol. The van der Waals surface area contributed by atoms with E-state index in [0.29, 0.717) is 17.9 Å². The van der Waals surface area contributed by atoms with Gasteiger partial charge in [-0.25, -0.2) is 4.79 Å². The van der Waals surface area contributed by atoms with E-state index in [1.807, 2.05) is 37.3 Å². The normalized spacial score (nSPS) is 12.6. The van der Waals surface area contributed by atoms with E-state index >= 15 is 0 Å². The second-order valence-electron chi connectivity index (χ2n) is 7.27. The van der Waals surface area contributed by atoms with Crippen LogP contribution in [0.15, 0.2) is 54.6 Å². The summed E-state index contributed by atoms with van der Waals surface area (Å²) in [6, 6.07) is 17.1. The van der Waals surface area contributed by atoms with Gasteiger partial charge in [0, 0.05) is 24.2 Å². The molecule has 0 radical (unpaired) electrons. The SMILES string of the molecule is COC(=O)[C@H](CSCc1ccc(C)cc1)NC(=O)C(CSC(C)=O)Cc1ccccc1. The molecule has 2 aromatic rings. The topological polar surface area (TPSA) is 72.5 Å². The Kier molecular flexibility index (Phi) is 10.7. The number of ether oxygens (including phenoxy) is 1. The van der Waals surface area contributed by atoms with Gasteiger partial charge in [-0.15, -0.1) is 0 Å². The molecule has 0 aromatic heterocycles. The summed E-state index contributed by atoms with van der Waals surface area (Å²) in [6.07, 6.45) is 0.497. The minimum absolute atomic E-state index is 0.0379. The summed E-state index contributed by atoms with van der Waals surface area (Å²) in [5.74, 6) is 0.360. The second-order valence-corrected chi connectivity index (χ2v) is 9.50. The van der Waals surface area contributed by atoms with Crippen molar-refractivity contribution in [2.45, 2.75) is 32.1 Å². The summed E-state index contributed by atoms with van der Waals surface area (Å²) in [6.45, 7) is 3.52. The Morgan fingerprint density at radius 2 is 1.65 bits per heavy atom. The van der Waals surface area contributed by atoms with Crippen molar-refractivity contribution >= 4 is 40.5 Å². The van der Waals surface area contributed by atoms with Crippen LogP contribution in [0.5, 0.6) is 0 Å². The standard InChI is InChI=1S/C24H29NO4S2/c1-17-9-11-20(12-10-17)14-30-16-22(24(28)29-3)25-23(27)21(15-31-18(2)26)13-19-7-5-4-6-8-19/h4-12,21-22H,13-16H2,1-3H3,(H,25,27)/t21?,22-/m0/s1. The van der Waals surface area contributed by atoms with Gasteiger partial charge in [0.25, 0.3) is 0 Å². The lowest BCUT2D eigenvalue weighted by atomic mass is 10.00. The number of methoxy groups -OCH3 is 1. The third-order valence-corrected chi connectivity index (χ3v) is 6.74. The molecule has 2 aromatic carbocycles. The van der Waals surface area contributed by atoms with Crippen molar-refractivity contribution in [2.75, 3.05) is 18.6 Å². The predicted molar refractivity (Wildman–Crippen MR) is 128 cm³/mol. The van der Waals surface area contributed by atoms with Crippen LogP contribution in [0, 0.1) is 12.8 Å². The molecule has 5 nitrogen and oxygen atoms in total. The Hall–Kier alpha value is -2.25. The molecule has 1 unspecified atom stereocenters. The Labute approximate surface area is 192 Å². The van der Waals surface area contributed by atoms with Crippen LogP contribution >= 0.6 is 23.5 Å². The van der Waals surface area contributed by atoms with Crippen LogP contribution in [0.4, 0.5) is 0 Å². The zero-order valence-corrected chi connectivity index (χ0v) is 19.8. The molecule has 1 N–H and O–H groups in total. The smallest absolute Gasteiger partial charge is 0.329 e. The summed E-state index contributed by atoms with van der Waals surface area (Å²) in [4.78, 5) is 36.7. The number of hydrogen-bond donors (Lipinski definition) is 1. The fourth-order valence-corrected chi connectivity index (χ4v) is 4.63. The maximum absolute atomic E-state index is 13.0. The number of amides is 1. The zero-order chi connectivity index (χ0) is 22.6. The fourth-order valence-electron chi connectivity index (χ4n) is 2.92. The first-order valence-corrected chi connectivity index (χ1v) is 12.2. The molecular weight excluding hydrogens is 430 g/mol. The molecule has 0 aliphatic heterocycles. The van der Waals surface area contributed by atoms with Crippen molar-refractivity contribution in [3.63, 3.8) is 0 Å². The molecular formula is C24H29NO4S2. The quantitative estimate of drug-likeness (QED) is 0.512. The number of carbonyl (C=O) groups excluding carboxylic acids is 3. The highest BCUT2D eigenvalue weighted by atomic mass is 32.2. The summed E-state index contributed by atoms with van der Waals surface area (Å²) < 4.78 is 4.90. The van der Waals surface area contributed by atoms with E-state index < -0.39 is 17.9 Å². The summed E-state index contributed by atoms with van der Waals surface area (Å²) >= 11 is 2.69. The molecule has 31 heavy (non-hydrogen) atoms. The van der Waals surface area contributed by atoms with Crippen molar-refractivity contribution < 1.29 is 19.1 Å². The number of thioether (sulfide) groups is 2. The number of aryl methyl sites for hydroxylation is 1. The maximum atomic E-state index is 13.0. The van der Waals surface area contributed by atoms with E-state index in [2.05, 4.69) is 29.6 Å². The van der Waals surface area contributed by atoms with Crippen LogP contribution in [-0.4, -0.2) is 41.6 Å². The van der Waals surface area contributed by atoms with Gasteiger partial charge in [-0.3, -0.25) is 9.59 Å². The second kappa shape index (κ2) is 13.2. The number of hydrogen-bond acceptors (Lipinski definition) is 6. The third kappa shape index (κ3) is 9.19. The van der Waals surface area contributed by atoms with Gasteiger partial charge in [0.15, 0.2) is 5.12 Å². The van der Waals surface area contributed by atoms with Crippen LogP contribution in [0.3, 0.4) is 0 Å². The van der Waals surface area contributed by atoms with E-state index in [9.17, 15) is 14.4 Å². The summed E-state index contributed by atoms with van der Waals surface area (Å²) in [7, 11) is 1.32. The van der Waals surface area contributed by atoms with Crippen molar-refractivity contribution in [3.8, 4) is 0 Å². The lowest BCUT2D eigenvalue weighted by Gasteiger charge is -2.21. The van der Waals surface area contributed by atoms with Crippen LogP contribution in [0.25, 0.3) is 0 Å². The minimum atomic E-state index is -0.742. The van der Waals surface area contributed by atoms with Gasteiger partial charge < -0.3 is 10.1 Å². The van der Waals surface area contributed by atoms with E-state index in [1.165, 1.54) is 19.6 Å². The van der Waals surface area contributed by atoms with Gasteiger partial charge in [-0.1, -0.05) is 71.9 Å². The molecule has 166 valence electrons. The molecule has 0 bridgehead atoms. The first-order chi connectivity index (χ1) is 14.9. The number of esters is 1. The molecule has 0 saturated carbocycles. The number of carbonyl (C=O) groups is 3. The highest BCUT2D eigenvalue weighted by Gasteiger charge is 2.27. The Balaban J connectivity index is 2.00. The Bertz CT molecular complexity index is 856. The average Bonchev–Trinajstić information content (AvgIpc) is 2.77. The van der Waals surface area contributed by atoms with Crippen LogP contribution in [-0.2, 0) is 31.3 Å². The molecule has 2 rings (SSSR count). The number of nitrogens with one attached hydrogen (secondary N) is 1. The predicted octanol–water partition coefficient (Wildman–Crippen LogP) is 4.02. The molecule has 0 aliphatic rings. The highest BCUT2D eigenvalue weighted by Crippen LogP contribution is 2.18. The maximum Gasteiger partial charge on any atom is 0.329 e. The average molecular weight is 460 g/mol. The molecule has 0 heterocycles. The fraction of sp³-hybridized carbons (Fsp3) is 0.375. The van der Waals surface area contributed by atoms with Crippen molar-refractivity contribution in [3.05, 3.63) is 71.3 Å². The van der Waals surface area contributed by atoms with Crippen LogP contribution < -0.4 is 5.32 Å². The summed E-state index contributed by atoms with van der Waals surface area (Å²) in [5, 5.41) is 2.81. The highest BCUT2D eigenvalue weighted by molar-refractivity contribution is 8.13. The molecule has 7 heteroatoms. The van der Waals surface area contributed by atoms with Crippen LogP contribution in [0.2, 0.25) is 0 Å². The van der Waals surface area contributed by atoms with Crippen molar-refractivity contribution in [1.29, 1.82) is 0 Å². The minimum Gasteiger partial charge on any atom is -0.467 e. The third-order valence-electron chi connectivity index (χ3n) is 4.66. The molecule has 0 saturated heterocycles. The van der Waals surface area contributed by atoms with Crippen LogP contribution in [0.1, 0.15) is 23.6 Å². The molecule has 1 amide bonds. The Morgan fingerprint density at radius 1 is 0.968 bits per heavy atom. The van der Waals surface area contributed by atoms with E-state index in [1.54, 1.807) is 11.8 Å². The van der Waals surface area contributed by atoms with Crippen molar-refractivity contribution in [2.24, 2.45) is 5.92 Å². The van der Waals surface area contributed by atoms with E-state index in [-0.39, 0.29) is 11.0 Å². The molecule has 0 spiro atoms. The van der Waals surface area contributed by atoms with Gasteiger partial charge in [0.1, 0.15) is 6.04 Å². The number of rotatable bonds is 11. The van der Waals surface area contributed by atoms with Gasteiger partial charge in [0.2, 0.25) is 5.91 Å².